The topological polar surface area (TPSA) is 23.6 Å². The van der Waals surface area contributed by atoms with Crippen molar-refractivity contribution in [1.82, 2.24) is 0 Å². The molecular weight excluding hydrogens is 236 g/mol. The molecule has 0 saturated heterocycles. The van der Waals surface area contributed by atoms with E-state index in [9.17, 15) is 4.79 Å². The molecule has 0 bridgehead atoms. The van der Waals surface area contributed by atoms with Gasteiger partial charge in [0.25, 0.3) is 0 Å². The summed E-state index contributed by atoms with van der Waals surface area (Å²) in [6.45, 7) is 3.46. The molecule has 0 radical (unpaired) electrons. The van der Waals surface area contributed by atoms with Crippen LogP contribution in [-0.2, 0) is 4.79 Å². The lowest BCUT2D eigenvalue weighted by Crippen LogP contribution is -2.45. The zero-order valence-corrected chi connectivity index (χ0v) is 10.9. The van der Waals surface area contributed by atoms with E-state index in [0.717, 1.165) is 24.5 Å². The van der Waals surface area contributed by atoms with E-state index in [-0.39, 0.29) is 11.8 Å². The summed E-state index contributed by atoms with van der Waals surface area (Å²) in [5, 5.41) is 0. The number of likely N-dealkylation sites (N-methyl/N-ethyl adjacent to an activating group) is 1. The van der Waals surface area contributed by atoms with Gasteiger partial charge in [0.1, 0.15) is 0 Å². The third kappa shape index (κ3) is 2.25. The Hall–Kier alpha value is -1.22. The van der Waals surface area contributed by atoms with Gasteiger partial charge in [-0.25, -0.2) is 0 Å². The Labute approximate surface area is 107 Å². The number of nitrogens with zero attached hydrogens (tertiary/aromatic N) is 2. The molecule has 1 aromatic rings. The van der Waals surface area contributed by atoms with Crippen LogP contribution in [0.3, 0.4) is 0 Å². The Morgan fingerprint density at radius 2 is 2.00 bits per heavy atom. The van der Waals surface area contributed by atoms with E-state index in [1.165, 1.54) is 0 Å². The van der Waals surface area contributed by atoms with E-state index >= 15 is 0 Å². The molecule has 1 heterocycles. The first kappa shape index (κ1) is 12.2. The molecular formula is C13H17ClN2O. The van der Waals surface area contributed by atoms with E-state index in [1.54, 1.807) is 0 Å². The van der Waals surface area contributed by atoms with Crippen molar-refractivity contribution in [3.8, 4) is 0 Å². The van der Waals surface area contributed by atoms with Crippen LogP contribution in [-0.4, -0.2) is 31.9 Å². The summed E-state index contributed by atoms with van der Waals surface area (Å²) in [6.07, 6.45) is 0. The van der Waals surface area contributed by atoms with E-state index < -0.39 is 0 Å². The summed E-state index contributed by atoms with van der Waals surface area (Å²) in [5.41, 5.74) is 2.09. The average molecular weight is 253 g/mol. The second kappa shape index (κ2) is 4.96. The van der Waals surface area contributed by atoms with Crippen molar-refractivity contribution in [2.75, 3.05) is 35.8 Å². The van der Waals surface area contributed by atoms with Gasteiger partial charge < -0.3 is 9.80 Å². The van der Waals surface area contributed by atoms with Gasteiger partial charge >= 0.3 is 0 Å². The highest BCUT2D eigenvalue weighted by Crippen LogP contribution is 2.32. The first-order valence-electron chi connectivity index (χ1n) is 5.82. The van der Waals surface area contributed by atoms with Crippen LogP contribution in [0.2, 0.25) is 0 Å². The summed E-state index contributed by atoms with van der Waals surface area (Å²) < 4.78 is 0. The lowest BCUT2D eigenvalue weighted by Gasteiger charge is -2.36. The fraction of sp³-hybridized carbons (Fsp3) is 0.462. The van der Waals surface area contributed by atoms with E-state index in [1.807, 2.05) is 43.1 Å². The zero-order chi connectivity index (χ0) is 12.4. The molecule has 17 heavy (non-hydrogen) atoms. The maximum atomic E-state index is 12.2. The van der Waals surface area contributed by atoms with Crippen molar-refractivity contribution >= 4 is 28.9 Å². The van der Waals surface area contributed by atoms with Crippen LogP contribution in [0.25, 0.3) is 0 Å². The number of alkyl halides is 1. The Bertz CT molecular complexity index is 422. The molecule has 0 spiro atoms. The second-order valence-corrected chi connectivity index (χ2v) is 4.76. The number of halogens is 1. The average Bonchev–Trinajstić information content (AvgIpc) is 2.38. The van der Waals surface area contributed by atoms with Gasteiger partial charge in [0.15, 0.2) is 0 Å². The molecule has 4 heteroatoms. The van der Waals surface area contributed by atoms with Crippen LogP contribution < -0.4 is 9.80 Å². The molecule has 1 atom stereocenters. The Kier molecular flexibility index (Phi) is 3.57. The van der Waals surface area contributed by atoms with Crippen molar-refractivity contribution in [3.05, 3.63) is 24.3 Å². The lowest BCUT2D eigenvalue weighted by atomic mass is 10.1. The van der Waals surface area contributed by atoms with Crippen LogP contribution >= 0.6 is 11.6 Å². The van der Waals surface area contributed by atoms with Gasteiger partial charge in [0.05, 0.1) is 11.4 Å². The largest absolute Gasteiger partial charge is 0.371 e. The smallest absolute Gasteiger partial charge is 0.231 e. The van der Waals surface area contributed by atoms with Gasteiger partial charge in [-0.2, -0.15) is 0 Å². The summed E-state index contributed by atoms with van der Waals surface area (Å²) in [7, 11) is 2.05. The molecule has 2 rings (SSSR count). The fourth-order valence-electron chi connectivity index (χ4n) is 2.07. The minimum absolute atomic E-state index is 0.112. The highest BCUT2D eigenvalue weighted by atomic mass is 35.5. The normalized spacial score (nSPS) is 16.6. The van der Waals surface area contributed by atoms with Crippen molar-refractivity contribution in [3.63, 3.8) is 0 Å². The first-order chi connectivity index (χ1) is 8.15. The number of carbonyl (C=O) groups is 1. The third-order valence-corrected chi connectivity index (χ3v) is 3.62. The highest BCUT2D eigenvalue weighted by Gasteiger charge is 2.27. The van der Waals surface area contributed by atoms with E-state index in [4.69, 9.17) is 11.6 Å². The van der Waals surface area contributed by atoms with Crippen LogP contribution in [0, 0.1) is 5.92 Å². The lowest BCUT2D eigenvalue weighted by molar-refractivity contribution is -0.121. The molecule has 1 amide bonds. The van der Waals surface area contributed by atoms with E-state index in [2.05, 4.69) is 4.90 Å². The molecule has 0 aromatic heterocycles. The summed E-state index contributed by atoms with van der Waals surface area (Å²) >= 11 is 5.76. The number of fused-ring (bicyclic) bond motifs is 1. The van der Waals surface area contributed by atoms with Crippen LogP contribution in [0.5, 0.6) is 0 Å². The molecule has 92 valence electrons. The van der Waals surface area contributed by atoms with Crippen molar-refractivity contribution in [2.24, 2.45) is 5.92 Å². The molecule has 0 saturated carbocycles. The van der Waals surface area contributed by atoms with Crippen LogP contribution in [0.15, 0.2) is 24.3 Å². The second-order valence-electron chi connectivity index (χ2n) is 4.46. The van der Waals surface area contributed by atoms with Gasteiger partial charge in [-0.3, -0.25) is 4.79 Å². The molecule has 0 N–H and O–H groups in total. The molecule has 1 aliphatic heterocycles. The van der Waals surface area contributed by atoms with Crippen LogP contribution in [0.1, 0.15) is 6.92 Å². The minimum atomic E-state index is -0.131. The predicted octanol–water partition coefficient (Wildman–Crippen LogP) is 2.34. The number of para-hydroxylation sites is 2. The maximum absolute atomic E-state index is 12.2. The summed E-state index contributed by atoms with van der Waals surface area (Å²) in [5.74, 6) is 0.349. The number of amides is 1. The number of rotatable bonds is 2. The molecule has 0 fully saturated rings. The Morgan fingerprint density at radius 1 is 1.35 bits per heavy atom. The standard InChI is InChI=1S/C13H17ClN2O/c1-10(9-14)13(17)16-8-7-15(2)11-5-3-4-6-12(11)16/h3-6,10H,7-9H2,1-2H3. The fourth-order valence-corrected chi connectivity index (χ4v) is 2.20. The van der Waals surface area contributed by atoms with Gasteiger partial charge in [-0.15, -0.1) is 11.6 Å². The number of anilines is 2. The monoisotopic (exact) mass is 252 g/mol. The molecule has 1 unspecified atom stereocenters. The molecule has 1 aliphatic rings. The molecule has 3 nitrogen and oxygen atoms in total. The van der Waals surface area contributed by atoms with Crippen molar-refractivity contribution in [2.45, 2.75) is 6.92 Å². The maximum Gasteiger partial charge on any atom is 0.231 e. The highest BCUT2D eigenvalue weighted by molar-refractivity contribution is 6.20. The molecule has 1 aromatic carbocycles. The number of benzene rings is 1. The van der Waals surface area contributed by atoms with Gasteiger partial charge in [0.2, 0.25) is 5.91 Å². The SMILES string of the molecule is CC(CCl)C(=O)N1CCN(C)c2ccccc21. The number of hydrogen-bond acceptors (Lipinski definition) is 2. The van der Waals surface area contributed by atoms with E-state index in [0.29, 0.717) is 5.88 Å². The Balaban J connectivity index is 2.33. The van der Waals surface area contributed by atoms with Crippen molar-refractivity contribution < 1.29 is 4.79 Å². The van der Waals surface area contributed by atoms with Crippen molar-refractivity contribution in [1.29, 1.82) is 0 Å². The predicted molar refractivity (Wildman–Crippen MR) is 71.9 cm³/mol. The third-order valence-electron chi connectivity index (χ3n) is 3.16. The summed E-state index contributed by atoms with van der Waals surface area (Å²) in [4.78, 5) is 16.2. The van der Waals surface area contributed by atoms with Gasteiger partial charge in [-0.1, -0.05) is 19.1 Å². The summed E-state index contributed by atoms with van der Waals surface area (Å²) in [6, 6.07) is 7.99. The van der Waals surface area contributed by atoms with Gasteiger partial charge in [-0.05, 0) is 12.1 Å². The first-order valence-corrected chi connectivity index (χ1v) is 6.36. The number of carbonyl (C=O) groups excluding carboxylic acids is 1. The zero-order valence-electron chi connectivity index (χ0n) is 10.2. The van der Waals surface area contributed by atoms with Crippen LogP contribution in [0.4, 0.5) is 11.4 Å². The molecule has 0 aliphatic carbocycles. The quantitative estimate of drug-likeness (QED) is 0.755. The Morgan fingerprint density at radius 3 is 2.65 bits per heavy atom. The van der Waals surface area contributed by atoms with Gasteiger partial charge in [0, 0.05) is 31.9 Å². The number of hydrogen-bond donors (Lipinski definition) is 0. The minimum Gasteiger partial charge on any atom is -0.371 e.